The Labute approximate surface area is 105 Å². The second-order valence-corrected chi connectivity index (χ2v) is 4.55. The van der Waals surface area contributed by atoms with Gasteiger partial charge in [-0.1, -0.05) is 6.07 Å². The number of ether oxygens (including phenoxy) is 1. The quantitative estimate of drug-likeness (QED) is 0.364. The summed E-state index contributed by atoms with van der Waals surface area (Å²) in [5.74, 6) is -2.39. The van der Waals surface area contributed by atoms with Gasteiger partial charge < -0.3 is 4.74 Å². The van der Waals surface area contributed by atoms with Crippen molar-refractivity contribution in [2.45, 2.75) is 5.92 Å². The summed E-state index contributed by atoms with van der Waals surface area (Å²) >= 11 is 2.06. The molecular formula is C10H8INO4. The third-order valence-electron chi connectivity index (χ3n) is 2.42. The number of carbonyl (C=O) groups is 2. The van der Waals surface area contributed by atoms with E-state index in [1.807, 2.05) is 0 Å². The van der Waals surface area contributed by atoms with Gasteiger partial charge in [0.1, 0.15) is 0 Å². The first-order valence-corrected chi connectivity index (χ1v) is 5.54. The van der Waals surface area contributed by atoms with Crippen LogP contribution in [0.4, 0.5) is 5.69 Å². The molecule has 0 saturated carbocycles. The Morgan fingerprint density at radius 1 is 1.56 bits per heavy atom. The van der Waals surface area contributed by atoms with Crippen molar-refractivity contribution in [2.24, 2.45) is 0 Å². The van der Waals surface area contributed by atoms with Crippen molar-refractivity contribution in [3.05, 3.63) is 27.3 Å². The molecule has 1 unspecified atom stereocenters. The number of nitrogens with zero attached hydrogens (tertiary/aromatic N) is 1. The number of hydrogen-bond acceptors (Lipinski definition) is 4. The van der Waals surface area contributed by atoms with E-state index >= 15 is 0 Å². The van der Waals surface area contributed by atoms with Crippen LogP contribution in [0, 0.1) is 3.57 Å². The lowest BCUT2D eigenvalue weighted by molar-refractivity contribution is -0.146. The Kier molecular flexibility index (Phi) is 2.85. The fraction of sp³-hybridized carbons (Fsp3) is 0.200. The second kappa shape index (κ2) is 4.02. The molecule has 5 nitrogen and oxygen atoms in total. The average molecular weight is 333 g/mol. The number of amides is 1. The topological polar surface area (TPSA) is 66.8 Å². The van der Waals surface area contributed by atoms with E-state index in [0.29, 0.717) is 16.3 Å². The molecule has 0 radical (unpaired) electrons. The molecule has 0 bridgehead atoms. The van der Waals surface area contributed by atoms with Gasteiger partial charge in [0.15, 0.2) is 5.92 Å². The lowest BCUT2D eigenvalue weighted by Crippen LogP contribution is -2.29. The zero-order chi connectivity index (χ0) is 11.9. The molecule has 1 amide bonds. The van der Waals surface area contributed by atoms with Gasteiger partial charge in [-0.25, -0.2) is 0 Å². The van der Waals surface area contributed by atoms with Crippen molar-refractivity contribution >= 4 is 40.2 Å². The molecule has 0 spiro atoms. The standard InChI is InChI=1S/C10H8INO4/c1-16-10(14)8-6-3-2-5(11)4-7(6)12(15)9(8)13/h2-4,8,15H,1H3. The first-order valence-electron chi connectivity index (χ1n) is 4.46. The van der Waals surface area contributed by atoms with Crippen LogP contribution >= 0.6 is 22.6 Å². The average Bonchev–Trinajstić information content (AvgIpc) is 2.52. The molecule has 1 heterocycles. The molecule has 0 aliphatic carbocycles. The number of hydrogen-bond donors (Lipinski definition) is 1. The molecule has 0 saturated heterocycles. The Morgan fingerprint density at radius 2 is 2.25 bits per heavy atom. The number of hydroxylamine groups is 1. The summed E-state index contributed by atoms with van der Waals surface area (Å²) < 4.78 is 5.41. The maximum atomic E-state index is 11.6. The number of esters is 1. The molecule has 1 aromatic rings. The van der Waals surface area contributed by atoms with Gasteiger partial charge in [0.25, 0.3) is 5.91 Å². The third-order valence-corrected chi connectivity index (χ3v) is 3.10. The predicted octanol–water partition coefficient (Wildman–Crippen LogP) is 1.28. The molecule has 1 atom stereocenters. The summed E-state index contributed by atoms with van der Waals surface area (Å²) in [6.07, 6.45) is 0. The van der Waals surface area contributed by atoms with Crippen molar-refractivity contribution in [1.82, 2.24) is 0 Å². The van der Waals surface area contributed by atoms with E-state index in [-0.39, 0.29) is 0 Å². The highest BCUT2D eigenvalue weighted by Gasteiger charge is 2.42. The number of methoxy groups -OCH3 is 1. The molecule has 1 aromatic carbocycles. The van der Waals surface area contributed by atoms with Gasteiger partial charge in [0, 0.05) is 9.13 Å². The van der Waals surface area contributed by atoms with Crippen LogP contribution in [0.2, 0.25) is 0 Å². The number of halogens is 1. The molecule has 1 N–H and O–H groups in total. The molecule has 1 aliphatic rings. The number of fused-ring (bicyclic) bond motifs is 1. The van der Waals surface area contributed by atoms with Crippen molar-refractivity contribution < 1.29 is 19.5 Å². The lowest BCUT2D eigenvalue weighted by Gasteiger charge is -2.07. The minimum absolute atomic E-state index is 0.340. The first-order chi connectivity index (χ1) is 7.56. The van der Waals surface area contributed by atoms with Crippen LogP contribution in [0.1, 0.15) is 11.5 Å². The summed E-state index contributed by atoms with van der Waals surface area (Å²) in [4.78, 5) is 23.1. The summed E-state index contributed by atoms with van der Waals surface area (Å²) in [5, 5.41) is 10.1. The lowest BCUT2D eigenvalue weighted by atomic mass is 10.0. The highest BCUT2D eigenvalue weighted by molar-refractivity contribution is 14.1. The second-order valence-electron chi connectivity index (χ2n) is 3.31. The smallest absolute Gasteiger partial charge is 0.322 e. The highest BCUT2D eigenvalue weighted by Crippen LogP contribution is 2.37. The fourth-order valence-electron chi connectivity index (χ4n) is 1.66. The molecule has 2 rings (SSSR count). The van der Waals surface area contributed by atoms with Crippen LogP contribution in [0.5, 0.6) is 0 Å². The monoisotopic (exact) mass is 333 g/mol. The van der Waals surface area contributed by atoms with Gasteiger partial charge in [-0.3, -0.25) is 14.8 Å². The fourth-order valence-corrected chi connectivity index (χ4v) is 2.14. The van der Waals surface area contributed by atoms with Crippen molar-refractivity contribution in [3.63, 3.8) is 0 Å². The predicted molar refractivity (Wildman–Crippen MR) is 63.2 cm³/mol. The zero-order valence-corrected chi connectivity index (χ0v) is 10.5. The molecule has 6 heteroatoms. The number of anilines is 1. The summed E-state index contributed by atoms with van der Waals surface area (Å²) in [6.45, 7) is 0. The number of carbonyl (C=O) groups excluding carboxylic acids is 2. The van der Waals surface area contributed by atoms with E-state index in [2.05, 4.69) is 27.3 Å². The van der Waals surface area contributed by atoms with Crippen LogP contribution in [0.3, 0.4) is 0 Å². The Balaban J connectivity index is 2.54. The van der Waals surface area contributed by atoms with E-state index in [1.54, 1.807) is 18.2 Å². The van der Waals surface area contributed by atoms with Gasteiger partial charge in [-0.15, -0.1) is 0 Å². The normalized spacial score (nSPS) is 18.6. The molecule has 0 aromatic heterocycles. The molecule has 1 aliphatic heterocycles. The van der Waals surface area contributed by atoms with Gasteiger partial charge in [0.05, 0.1) is 12.8 Å². The summed E-state index contributed by atoms with van der Waals surface area (Å²) in [7, 11) is 1.21. The van der Waals surface area contributed by atoms with E-state index in [4.69, 9.17) is 0 Å². The summed E-state index contributed by atoms with van der Waals surface area (Å²) in [5.41, 5.74) is 0.812. The van der Waals surface area contributed by atoms with Gasteiger partial charge >= 0.3 is 5.97 Å². The van der Waals surface area contributed by atoms with Crippen LogP contribution in [0.25, 0.3) is 0 Å². The first kappa shape index (κ1) is 11.3. The van der Waals surface area contributed by atoms with E-state index < -0.39 is 17.8 Å². The maximum Gasteiger partial charge on any atom is 0.322 e. The molecule has 84 valence electrons. The summed E-state index contributed by atoms with van der Waals surface area (Å²) in [6, 6.07) is 5.05. The third kappa shape index (κ3) is 1.57. The van der Waals surface area contributed by atoms with Crippen molar-refractivity contribution in [3.8, 4) is 0 Å². The largest absolute Gasteiger partial charge is 0.468 e. The zero-order valence-electron chi connectivity index (χ0n) is 8.31. The molecule has 0 fully saturated rings. The Bertz CT molecular complexity index is 474. The van der Waals surface area contributed by atoms with Crippen LogP contribution in [-0.2, 0) is 14.3 Å². The van der Waals surface area contributed by atoms with Gasteiger partial charge in [-0.05, 0) is 34.7 Å². The minimum atomic E-state index is -1.05. The Morgan fingerprint density at radius 3 is 2.88 bits per heavy atom. The van der Waals surface area contributed by atoms with Crippen LogP contribution in [-0.4, -0.2) is 24.2 Å². The maximum absolute atomic E-state index is 11.6. The van der Waals surface area contributed by atoms with E-state index in [0.717, 1.165) is 3.57 Å². The van der Waals surface area contributed by atoms with E-state index in [1.165, 1.54) is 7.11 Å². The minimum Gasteiger partial charge on any atom is -0.468 e. The van der Waals surface area contributed by atoms with Crippen molar-refractivity contribution in [2.75, 3.05) is 12.2 Å². The SMILES string of the molecule is COC(=O)C1C(=O)N(O)c2cc(I)ccc21. The van der Waals surface area contributed by atoms with Crippen LogP contribution in [0.15, 0.2) is 18.2 Å². The van der Waals surface area contributed by atoms with Crippen LogP contribution < -0.4 is 5.06 Å². The highest BCUT2D eigenvalue weighted by atomic mass is 127. The Hall–Kier alpha value is -1.15. The van der Waals surface area contributed by atoms with Gasteiger partial charge in [-0.2, -0.15) is 5.06 Å². The van der Waals surface area contributed by atoms with E-state index in [9.17, 15) is 14.8 Å². The number of rotatable bonds is 1. The number of benzene rings is 1. The molecule has 16 heavy (non-hydrogen) atoms. The van der Waals surface area contributed by atoms with Gasteiger partial charge in [0.2, 0.25) is 0 Å². The van der Waals surface area contributed by atoms with Crippen molar-refractivity contribution in [1.29, 1.82) is 0 Å². The molecular weight excluding hydrogens is 325 g/mol.